The Morgan fingerprint density at radius 1 is 0.600 bits per heavy atom. The summed E-state index contributed by atoms with van der Waals surface area (Å²) in [6.07, 6.45) is 35.5. The van der Waals surface area contributed by atoms with E-state index in [1.165, 1.54) is 141 Å². The van der Waals surface area contributed by atoms with Gasteiger partial charge in [0, 0.05) is 6.42 Å². The van der Waals surface area contributed by atoms with Crippen LogP contribution in [0.5, 0.6) is 0 Å². The van der Waals surface area contributed by atoms with Crippen molar-refractivity contribution in [3.05, 3.63) is 0 Å². The van der Waals surface area contributed by atoms with Gasteiger partial charge in [0.25, 0.3) is 0 Å². The van der Waals surface area contributed by atoms with E-state index in [4.69, 9.17) is 9.05 Å². The summed E-state index contributed by atoms with van der Waals surface area (Å²) in [5.41, 5.74) is 0. The molecule has 0 aromatic carbocycles. The lowest BCUT2D eigenvalue weighted by molar-refractivity contribution is -0.870. The summed E-state index contributed by atoms with van der Waals surface area (Å²) in [6.45, 7) is 4.88. The zero-order valence-electron chi connectivity index (χ0n) is 33.9. The first-order valence-corrected chi connectivity index (χ1v) is 22.9. The standard InChI is InChI=1S/C41H85N2O6P/c1-6-8-10-12-14-16-18-19-20-21-22-23-24-25-27-29-31-33-35-41(45)42-39(38-49-50(46,47)48-37-36-43(3,4)5)40(44)34-32-30-28-26-17-15-13-11-9-7-2/h39-40,44H,6-38H2,1-5H3,(H-,42,45,46,47)/p+1/t39-,40+/m0/s1. The first-order valence-electron chi connectivity index (χ1n) is 21.4. The van der Waals surface area contributed by atoms with Crippen LogP contribution in [0.4, 0.5) is 0 Å². The summed E-state index contributed by atoms with van der Waals surface area (Å²) >= 11 is 0. The number of quaternary nitrogens is 1. The Morgan fingerprint density at radius 3 is 1.34 bits per heavy atom. The fourth-order valence-corrected chi connectivity index (χ4v) is 7.13. The number of aliphatic hydroxyl groups is 1. The molecule has 0 spiro atoms. The van der Waals surface area contributed by atoms with Gasteiger partial charge in [-0.2, -0.15) is 0 Å². The number of nitrogens with zero attached hydrogens (tertiary/aromatic N) is 1. The summed E-state index contributed by atoms with van der Waals surface area (Å²) < 4.78 is 23.5. The van der Waals surface area contributed by atoms with E-state index in [1.54, 1.807) is 0 Å². The average Bonchev–Trinajstić information content (AvgIpc) is 3.06. The highest BCUT2D eigenvalue weighted by Crippen LogP contribution is 2.43. The fourth-order valence-electron chi connectivity index (χ4n) is 6.40. The largest absolute Gasteiger partial charge is 0.472 e. The van der Waals surface area contributed by atoms with Crippen molar-refractivity contribution in [1.82, 2.24) is 5.32 Å². The minimum atomic E-state index is -4.30. The number of amides is 1. The van der Waals surface area contributed by atoms with Crippen molar-refractivity contribution in [2.75, 3.05) is 40.9 Å². The molecule has 0 bridgehead atoms. The number of phosphoric acid groups is 1. The minimum Gasteiger partial charge on any atom is -0.391 e. The summed E-state index contributed by atoms with van der Waals surface area (Å²) in [6, 6.07) is -0.751. The Kier molecular flexibility index (Phi) is 33.9. The normalized spacial score (nSPS) is 14.5. The molecular weight excluding hydrogens is 647 g/mol. The second-order valence-corrected chi connectivity index (χ2v) is 17.5. The van der Waals surface area contributed by atoms with E-state index in [2.05, 4.69) is 19.2 Å². The molecule has 0 aliphatic heterocycles. The SMILES string of the molecule is CCCCCCCCCCCCCCCCCCCCC(=O)N[C@@H](COP(=O)(O)OCC[N+](C)(C)C)[C@H](O)CCCCCCCCCCCC. The smallest absolute Gasteiger partial charge is 0.391 e. The maximum absolute atomic E-state index is 12.8. The Hall–Kier alpha value is -0.500. The molecule has 1 unspecified atom stereocenters. The molecule has 3 N–H and O–H groups in total. The summed E-state index contributed by atoms with van der Waals surface area (Å²) in [4.78, 5) is 23.1. The number of unbranched alkanes of at least 4 members (excludes halogenated alkanes) is 26. The molecule has 3 atom stereocenters. The van der Waals surface area contributed by atoms with Gasteiger partial charge >= 0.3 is 7.82 Å². The molecule has 0 aromatic rings. The van der Waals surface area contributed by atoms with Crippen molar-refractivity contribution in [2.24, 2.45) is 0 Å². The monoisotopic (exact) mass is 734 g/mol. The Balaban J connectivity index is 4.28. The number of aliphatic hydroxyl groups excluding tert-OH is 1. The highest BCUT2D eigenvalue weighted by atomic mass is 31.2. The van der Waals surface area contributed by atoms with E-state index in [-0.39, 0.29) is 19.1 Å². The van der Waals surface area contributed by atoms with Crippen LogP contribution in [0.2, 0.25) is 0 Å². The lowest BCUT2D eigenvalue weighted by Crippen LogP contribution is -2.46. The molecule has 0 aromatic heterocycles. The number of likely N-dealkylation sites (N-methyl/N-ethyl adjacent to an activating group) is 1. The van der Waals surface area contributed by atoms with E-state index in [9.17, 15) is 19.4 Å². The van der Waals surface area contributed by atoms with Crippen LogP contribution in [0.25, 0.3) is 0 Å². The Morgan fingerprint density at radius 2 is 0.960 bits per heavy atom. The van der Waals surface area contributed by atoms with E-state index < -0.39 is 20.0 Å². The van der Waals surface area contributed by atoms with Crippen LogP contribution < -0.4 is 5.32 Å². The van der Waals surface area contributed by atoms with Crippen molar-refractivity contribution >= 4 is 13.7 Å². The van der Waals surface area contributed by atoms with Crippen LogP contribution >= 0.6 is 7.82 Å². The van der Waals surface area contributed by atoms with Gasteiger partial charge in [0.15, 0.2) is 0 Å². The third-order valence-corrected chi connectivity index (χ3v) is 10.8. The van der Waals surface area contributed by atoms with Crippen LogP contribution in [0.1, 0.15) is 206 Å². The Labute approximate surface area is 310 Å². The van der Waals surface area contributed by atoms with Gasteiger partial charge in [0.2, 0.25) is 5.91 Å². The molecule has 0 saturated carbocycles. The molecule has 0 fully saturated rings. The number of phosphoric ester groups is 1. The molecule has 0 aliphatic carbocycles. The predicted octanol–water partition coefficient (Wildman–Crippen LogP) is 11.4. The second-order valence-electron chi connectivity index (χ2n) is 16.1. The molecule has 8 nitrogen and oxygen atoms in total. The van der Waals surface area contributed by atoms with Gasteiger partial charge in [0.1, 0.15) is 13.2 Å². The third-order valence-electron chi connectivity index (χ3n) is 9.86. The number of carbonyl (C=O) groups is 1. The first-order chi connectivity index (χ1) is 24.0. The van der Waals surface area contributed by atoms with Gasteiger partial charge in [0.05, 0.1) is 39.9 Å². The zero-order valence-corrected chi connectivity index (χ0v) is 34.8. The van der Waals surface area contributed by atoms with Crippen molar-refractivity contribution in [3.63, 3.8) is 0 Å². The molecule has 50 heavy (non-hydrogen) atoms. The minimum absolute atomic E-state index is 0.0782. The van der Waals surface area contributed by atoms with Gasteiger partial charge in [-0.1, -0.05) is 187 Å². The van der Waals surface area contributed by atoms with E-state index >= 15 is 0 Å². The molecule has 300 valence electrons. The van der Waals surface area contributed by atoms with Gasteiger partial charge in [-0.05, 0) is 12.8 Å². The summed E-state index contributed by atoms with van der Waals surface area (Å²) in [7, 11) is 1.62. The highest BCUT2D eigenvalue weighted by molar-refractivity contribution is 7.47. The molecule has 0 radical (unpaired) electrons. The van der Waals surface area contributed by atoms with Crippen LogP contribution in [-0.4, -0.2) is 73.4 Å². The van der Waals surface area contributed by atoms with Crippen molar-refractivity contribution in [1.29, 1.82) is 0 Å². The quantitative estimate of drug-likeness (QED) is 0.0330. The molecule has 0 heterocycles. The number of rotatable bonds is 39. The van der Waals surface area contributed by atoms with Crippen LogP contribution in [-0.2, 0) is 18.4 Å². The van der Waals surface area contributed by atoms with Gasteiger partial charge in [-0.3, -0.25) is 13.8 Å². The lowest BCUT2D eigenvalue weighted by Gasteiger charge is -2.26. The van der Waals surface area contributed by atoms with E-state index in [0.29, 0.717) is 23.9 Å². The third kappa shape index (κ3) is 35.9. The van der Waals surface area contributed by atoms with Crippen molar-refractivity contribution in [3.8, 4) is 0 Å². The number of nitrogens with one attached hydrogen (secondary N) is 1. The van der Waals surface area contributed by atoms with E-state index in [0.717, 1.165) is 38.5 Å². The second kappa shape index (κ2) is 34.3. The highest BCUT2D eigenvalue weighted by Gasteiger charge is 2.28. The summed E-state index contributed by atoms with van der Waals surface area (Å²) in [5.74, 6) is -0.143. The lowest BCUT2D eigenvalue weighted by atomic mass is 10.0. The number of carbonyl (C=O) groups excluding carboxylic acids is 1. The van der Waals surface area contributed by atoms with Gasteiger partial charge in [-0.25, -0.2) is 4.57 Å². The van der Waals surface area contributed by atoms with Crippen LogP contribution in [0, 0.1) is 0 Å². The number of hydrogen-bond donors (Lipinski definition) is 3. The van der Waals surface area contributed by atoms with E-state index in [1.807, 2.05) is 21.1 Å². The van der Waals surface area contributed by atoms with Gasteiger partial charge in [-0.15, -0.1) is 0 Å². The maximum Gasteiger partial charge on any atom is 0.472 e. The van der Waals surface area contributed by atoms with Crippen LogP contribution in [0.3, 0.4) is 0 Å². The first kappa shape index (κ1) is 49.5. The molecule has 1 amide bonds. The molecule has 0 aliphatic rings. The number of hydrogen-bond acceptors (Lipinski definition) is 5. The van der Waals surface area contributed by atoms with Crippen molar-refractivity contribution in [2.45, 2.75) is 219 Å². The molecule has 9 heteroatoms. The topological polar surface area (TPSA) is 105 Å². The van der Waals surface area contributed by atoms with Crippen LogP contribution in [0.15, 0.2) is 0 Å². The summed E-state index contributed by atoms with van der Waals surface area (Å²) in [5, 5.41) is 13.9. The average molecular weight is 734 g/mol. The molecule has 0 rings (SSSR count). The van der Waals surface area contributed by atoms with Crippen molar-refractivity contribution < 1.29 is 32.9 Å². The Bertz CT molecular complexity index is 794. The predicted molar refractivity (Wildman–Crippen MR) is 212 cm³/mol. The maximum atomic E-state index is 12.8. The molecular formula is C41H86N2O6P+. The fraction of sp³-hybridized carbons (Fsp3) is 0.976. The molecule has 0 saturated heterocycles. The zero-order chi connectivity index (χ0) is 37.2. The van der Waals surface area contributed by atoms with Gasteiger partial charge < -0.3 is 19.8 Å².